The Kier molecular flexibility index (Phi) is 6.56. The summed E-state index contributed by atoms with van der Waals surface area (Å²) in [6.07, 6.45) is 5.58. The van der Waals surface area contributed by atoms with E-state index in [1.807, 2.05) is 68.2 Å². The molecular formula is C22H30N4O3. The minimum absolute atomic E-state index is 0.0549. The minimum Gasteiger partial charge on any atom is -0.444 e. The lowest BCUT2D eigenvalue weighted by atomic mass is 9.96. The number of rotatable bonds is 5. The first-order chi connectivity index (χ1) is 13.8. The fraction of sp³-hybridized carbons (Fsp3) is 0.500. The van der Waals surface area contributed by atoms with Crippen molar-refractivity contribution in [3.05, 3.63) is 48.3 Å². The molecule has 2 heterocycles. The highest BCUT2D eigenvalue weighted by molar-refractivity contribution is 5.79. The van der Waals surface area contributed by atoms with Gasteiger partial charge < -0.3 is 15.0 Å². The van der Waals surface area contributed by atoms with Gasteiger partial charge in [-0.15, -0.1) is 0 Å². The monoisotopic (exact) mass is 398 g/mol. The van der Waals surface area contributed by atoms with E-state index in [4.69, 9.17) is 4.74 Å². The summed E-state index contributed by atoms with van der Waals surface area (Å²) in [6, 6.07) is 9.93. The van der Waals surface area contributed by atoms with Gasteiger partial charge in [-0.05, 0) is 57.7 Å². The van der Waals surface area contributed by atoms with Crippen LogP contribution in [0.4, 0.5) is 4.79 Å². The zero-order valence-corrected chi connectivity index (χ0v) is 17.4. The van der Waals surface area contributed by atoms with Crippen LogP contribution in [0, 0.1) is 5.92 Å². The Balaban J connectivity index is 1.40. The maximum atomic E-state index is 12.5. The van der Waals surface area contributed by atoms with E-state index in [1.165, 1.54) is 0 Å². The Bertz CT molecular complexity index is 818. The third kappa shape index (κ3) is 6.07. The van der Waals surface area contributed by atoms with Crippen LogP contribution in [-0.2, 0) is 16.0 Å². The number of hydrogen-bond donors (Lipinski definition) is 1. The summed E-state index contributed by atoms with van der Waals surface area (Å²) in [5.41, 5.74) is 1.59. The third-order valence-electron chi connectivity index (χ3n) is 4.89. The molecular weight excluding hydrogens is 368 g/mol. The molecule has 1 aromatic heterocycles. The highest BCUT2D eigenvalue weighted by Gasteiger charge is 2.29. The zero-order chi connectivity index (χ0) is 20.9. The van der Waals surface area contributed by atoms with Gasteiger partial charge in [-0.2, -0.15) is 5.10 Å². The molecule has 1 N–H and O–H groups in total. The summed E-state index contributed by atoms with van der Waals surface area (Å²) in [5.74, 6) is 0.00465. The van der Waals surface area contributed by atoms with E-state index in [0.717, 1.165) is 17.7 Å². The van der Waals surface area contributed by atoms with Crippen LogP contribution in [0.1, 0.15) is 39.2 Å². The van der Waals surface area contributed by atoms with E-state index in [1.54, 1.807) is 4.90 Å². The van der Waals surface area contributed by atoms with Crippen molar-refractivity contribution in [1.82, 2.24) is 20.0 Å². The highest BCUT2D eigenvalue weighted by Crippen LogP contribution is 2.20. The Morgan fingerprint density at radius 3 is 2.52 bits per heavy atom. The van der Waals surface area contributed by atoms with Gasteiger partial charge in [0.05, 0.1) is 11.9 Å². The van der Waals surface area contributed by atoms with E-state index < -0.39 is 5.60 Å². The Morgan fingerprint density at radius 2 is 1.86 bits per heavy atom. The average Bonchev–Trinajstić information content (AvgIpc) is 3.16. The number of carbonyl (C=O) groups is 2. The molecule has 0 bridgehead atoms. The molecule has 1 fully saturated rings. The van der Waals surface area contributed by atoms with Crippen molar-refractivity contribution >= 4 is 12.0 Å². The minimum atomic E-state index is -0.500. The average molecular weight is 399 g/mol. The van der Waals surface area contributed by atoms with Crippen LogP contribution in [0.5, 0.6) is 0 Å². The lowest BCUT2D eigenvalue weighted by Gasteiger charge is -2.32. The summed E-state index contributed by atoms with van der Waals surface area (Å²) < 4.78 is 7.24. The summed E-state index contributed by atoms with van der Waals surface area (Å²) >= 11 is 0. The second-order valence-electron chi connectivity index (χ2n) is 8.41. The fourth-order valence-electron chi connectivity index (χ4n) is 3.34. The fourth-order valence-corrected chi connectivity index (χ4v) is 3.34. The van der Waals surface area contributed by atoms with Crippen LogP contribution >= 0.6 is 0 Å². The molecule has 1 aliphatic rings. The quantitative estimate of drug-likeness (QED) is 0.839. The molecule has 0 saturated carbocycles. The summed E-state index contributed by atoms with van der Waals surface area (Å²) in [6.45, 7) is 7.25. The second kappa shape index (κ2) is 9.11. The normalized spacial score (nSPS) is 15.2. The Hall–Kier alpha value is -2.83. The smallest absolute Gasteiger partial charge is 0.410 e. The SMILES string of the molecule is CC(C)(C)OC(=O)N1CCC(C(=O)NCCc2cnn(-c3ccccc3)c2)CC1. The number of hydrogen-bond acceptors (Lipinski definition) is 4. The molecule has 0 aliphatic carbocycles. The van der Waals surface area contributed by atoms with Crippen molar-refractivity contribution in [2.75, 3.05) is 19.6 Å². The number of nitrogens with zero attached hydrogens (tertiary/aromatic N) is 3. The lowest BCUT2D eigenvalue weighted by molar-refractivity contribution is -0.126. The molecule has 156 valence electrons. The number of ether oxygens (including phenoxy) is 1. The van der Waals surface area contributed by atoms with Crippen LogP contribution in [0.3, 0.4) is 0 Å². The van der Waals surface area contributed by atoms with Crippen molar-refractivity contribution in [3.8, 4) is 5.69 Å². The predicted molar refractivity (Wildman–Crippen MR) is 111 cm³/mol. The van der Waals surface area contributed by atoms with Gasteiger partial charge in [0.15, 0.2) is 0 Å². The number of piperidine rings is 1. The third-order valence-corrected chi connectivity index (χ3v) is 4.89. The second-order valence-corrected chi connectivity index (χ2v) is 8.41. The van der Waals surface area contributed by atoms with Crippen LogP contribution < -0.4 is 5.32 Å². The molecule has 1 saturated heterocycles. The number of para-hydroxylation sites is 1. The number of benzene rings is 1. The van der Waals surface area contributed by atoms with Gasteiger partial charge in [0.2, 0.25) is 5.91 Å². The van der Waals surface area contributed by atoms with Crippen LogP contribution in [0.25, 0.3) is 5.69 Å². The molecule has 2 amide bonds. The Morgan fingerprint density at radius 1 is 1.17 bits per heavy atom. The van der Waals surface area contributed by atoms with Gasteiger partial charge in [0, 0.05) is 31.7 Å². The van der Waals surface area contributed by atoms with E-state index in [-0.39, 0.29) is 17.9 Å². The summed E-state index contributed by atoms with van der Waals surface area (Å²) in [5, 5.41) is 7.40. The predicted octanol–water partition coefficient (Wildman–Crippen LogP) is 3.18. The van der Waals surface area contributed by atoms with Crippen molar-refractivity contribution in [1.29, 1.82) is 0 Å². The summed E-state index contributed by atoms with van der Waals surface area (Å²) in [7, 11) is 0. The molecule has 0 spiro atoms. The van der Waals surface area contributed by atoms with Crippen LogP contribution in [-0.4, -0.2) is 51.9 Å². The number of likely N-dealkylation sites (tertiary alicyclic amines) is 1. The first kappa shape index (κ1) is 20.9. The maximum absolute atomic E-state index is 12.5. The number of aromatic nitrogens is 2. The van der Waals surface area contributed by atoms with Gasteiger partial charge in [0.25, 0.3) is 0 Å². The zero-order valence-electron chi connectivity index (χ0n) is 17.4. The molecule has 0 unspecified atom stereocenters. The molecule has 1 aromatic carbocycles. The van der Waals surface area contributed by atoms with Gasteiger partial charge in [0.1, 0.15) is 5.60 Å². The molecule has 0 radical (unpaired) electrons. The molecule has 7 nitrogen and oxygen atoms in total. The van der Waals surface area contributed by atoms with E-state index >= 15 is 0 Å². The van der Waals surface area contributed by atoms with Gasteiger partial charge in [-0.1, -0.05) is 18.2 Å². The van der Waals surface area contributed by atoms with Gasteiger partial charge >= 0.3 is 6.09 Å². The van der Waals surface area contributed by atoms with Crippen LogP contribution in [0.2, 0.25) is 0 Å². The van der Waals surface area contributed by atoms with Crippen LogP contribution in [0.15, 0.2) is 42.7 Å². The van der Waals surface area contributed by atoms with E-state index in [9.17, 15) is 9.59 Å². The van der Waals surface area contributed by atoms with Crippen molar-refractivity contribution in [2.45, 2.75) is 45.6 Å². The van der Waals surface area contributed by atoms with Crippen molar-refractivity contribution in [2.24, 2.45) is 5.92 Å². The summed E-state index contributed by atoms with van der Waals surface area (Å²) in [4.78, 5) is 26.3. The first-order valence-corrected chi connectivity index (χ1v) is 10.2. The topological polar surface area (TPSA) is 76.5 Å². The molecule has 1 aliphatic heterocycles. The maximum Gasteiger partial charge on any atom is 0.410 e. The van der Waals surface area contributed by atoms with E-state index in [2.05, 4.69) is 10.4 Å². The number of amides is 2. The van der Waals surface area contributed by atoms with Gasteiger partial charge in [-0.3, -0.25) is 4.79 Å². The Labute approximate surface area is 172 Å². The number of nitrogens with one attached hydrogen (secondary N) is 1. The first-order valence-electron chi connectivity index (χ1n) is 10.2. The lowest BCUT2D eigenvalue weighted by Crippen LogP contribution is -2.45. The van der Waals surface area contributed by atoms with Crippen molar-refractivity contribution < 1.29 is 14.3 Å². The molecule has 3 rings (SSSR count). The van der Waals surface area contributed by atoms with E-state index in [0.29, 0.717) is 32.5 Å². The van der Waals surface area contributed by atoms with Crippen molar-refractivity contribution in [3.63, 3.8) is 0 Å². The molecule has 2 aromatic rings. The van der Waals surface area contributed by atoms with Gasteiger partial charge in [-0.25, -0.2) is 9.48 Å². The highest BCUT2D eigenvalue weighted by atomic mass is 16.6. The molecule has 7 heteroatoms. The molecule has 29 heavy (non-hydrogen) atoms. The standard InChI is InChI=1S/C22H30N4O3/c1-22(2,3)29-21(28)25-13-10-18(11-14-25)20(27)23-12-9-17-15-24-26(16-17)19-7-5-4-6-8-19/h4-8,15-16,18H,9-14H2,1-3H3,(H,23,27). The molecule has 0 atom stereocenters. The number of carbonyl (C=O) groups excluding carboxylic acids is 2. The largest absolute Gasteiger partial charge is 0.444 e.